The van der Waals surface area contributed by atoms with Crippen LogP contribution in [0.5, 0.6) is 0 Å². The number of pyridine rings is 1. The van der Waals surface area contributed by atoms with E-state index in [1.165, 1.54) is 11.3 Å². The molecule has 0 radical (unpaired) electrons. The molecule has 1 amide bonds. The van der Waals surface area contributed by atoms with Crippen LogP contribution >= 0.6 is 11.3 Å². The molecule has 1 saturated heterocycles. The Kier molecular flexibility index (Phi) is 3.83. The molecule has 6 nitrogen and oxygen atoms in total. The monoisotopic (exact) mass is 303 g/mol. The number of hydrogen-bond donors (Lipinski definition) is 1. The third-order valence-corrected chi connectivity index (χ3v) is 4.81. The summed E-state index contributed by atoms with van der Waals surface area (Å²) in [7, 11) is 0. The maximum atomic E-state index is 11.4. The summed E-state index contributed by atoms with van der Waals surface area (Å²) in [4.78, 5) is 17.8. The van der Waals surface area contributed by atoms with Gasteiger partial charge in [0.05, 0.1) is 5.92 Å². The van der Waals surface area contributed by atoms with Crippen LogP contribution in [-0.4, -0.2) is 33.7 Å². The lowest BCUT2D eigenvalue weighted by Crippen LogP contribution is -2.45. The fourth-order valence-corrected chi connectivity index (χ4v) is 3.46. The molecule has 110 valence electrons. The van der Waals surface area contributed by atoms with E-state index in [2.05, 4.69) is 27.0 Å². The lowest BCUT2D eigenvalue weighted by Gasteiger charge is -2.36. The van der Waals surface area contributed by atoms with E-state index in [-0.39, 0.29) is 11.8 Å². The van der Waals surface area contributed by atoms with Gasteiger partial charge in [0.1, 0.15) is 5.69 Å². The van der Waals surface area contributed by atoms with Gasteiger partial charge in [-0.25, -0.2) is 0 Å². The van der Waals surface area contributed by atoms with Crippen LogP contribution in [-0.2, 0) is 4.79 Å². The van der Waals surface area contributed by atoms with Gasteiger partial charge in [0, 0.05) is 18.8 Å². The third-order valence-electron chi connectivity index (χ3n) is 3.83. The highest BCUT2D eigenvalue weighted by Gasteiger charge is 2.30. The summed E-state index contributed by atoms with van der Waals surface area (Å²) in [5.41, 5.74) is 6.26. The highest BCUT2D eigenvalue weighted by atomic mass is 32.1. The Labute approximate surface area is 127 Å². The number of carbonyl (C=O) groups is 1. The van der Waals surface area contributed by atoms with Crippen molar-refractivity contribution in [3.63, 3.8) is 0 Å². The lowest BCUT2D eigenvalue weighted by molar-refractivity contribution is -0.122. The molecule has 7 heteroatoms. The molecule has 0 saturated carbocycles. The fraction of sp³-hybridized carbons (Fsp3) is 0.429. The molecule has 2 N–H and O–H groups in total. The Balaban J connectivity index is 1.83. The van der Waals surface area contributed by atoms with Crippen molar-refractivity contribution in [2.24, 2.45) is 11.7 Å². The SMILES string of the molecule is C[C@H]1CC[C@@H](C(N)=O)CN1c1nnc(-c2ccccn2)s1. The first kappa shape index (κ1) is 13.9. The lowest BCUT2D eigenvalue weighted by atomic mass is 9.93. The largest absolute Gasteiger partial charge is 0.369 e. The molecule has 0 unspecified atom stereocenters. The van der Waals surface area contributed by atoms with E-state index in [1.54, 1.807) is 6.20 Å². The standard InChI is InChI=1S/C14H17N5OS/c1-9-5-6-10(12(15)20)8-19(9)14-18-17-13(21-14)11-4-2-3-7-16-11/h2-4,7,9-10H,5-6,8H2,1H3,(H2,15,20)/t9-,10+/m0/s1. The van der Waals surface area contributed by atoms with Gasteiger partial charge in [-0.2, -0.15) is 0 Å². The predicted molar refractivity (Wildman–Crippen MR) is 81.9 cm³/mol. The van der Waals surface area contributed by atoms with Crippen molar-refractivity contribution in [2.75, 3.05) is 11.4 Å². The molecule has 1 aliphatic heterocycles. The minimum Gasteiger partial charge on any atom is -0.369 e. The van der Waals surface area contributed by atoms with E-state index in [0.717, 1.165) is 28.7 Å². The van der Waals surface area contributed by atoms with E-state index >= 15 is 0 Å². The fourth-order valence-electron chi connectivity index (χ4n) is 2.53. The van der Waals surface area contributed by atoms with Crippen LogP contribution in [0.1, 0.15) is 19.8 Å². The number of piperidine rings is 1. The number of nitrogens with zero attached hydrogens (tertiary/aromatic N) is 4. The van der Waals surface area contributed by atoms with Gasteiger partial charge in [-0.3, -0.25) is 9.78 Å². The highest BCUT2D eigenvalue weighted by molar-refractivity contribution is 7.18. The summed E-state index contributed by atoms with van der Waals surface area (Å²) in [6.45, 7) is 2.76. The van der Waals surface area contributed by atoms with Crippen molar-refractivity contribution in [3.8, 4) is 10.7 Å². The second-order valence-corrected chi connectivity index (χ2v) is 6.24. The van der Waals surface area contributed by atoms with Gasteiger partial charge < -0.3 is 10.6 Å². The van der Waals surface area contributed by atoms with Crippen molar-refractivity contribution >= 4 is 22.4 Å². The van der Waals surface area contributed by atoms with Gasteiger partial charge in [0.2, 0.25) is 11.0 Å². The van der Waals surface area contributed by atoms with Crippen LogP contribution < -0.4 is 10.6 Å². The Hall–Kier alpha value is -2.02. The molecule has 3 rings (SSSR count). The zero-order valence-corrected chi connectivity index (χ0v) is 12.6. The number of rotatable bonds is 3. The van der Waals surface area contributed by atoms with Gasteiger partial charge in [-0.1, -0.05) is 17.4 Å². The van der Waals surface area contributed by atoms with Crippen LogP contribution in [0.15, 0.2) is 24.4 Å². The minimum absolute atomic E-state index is 0.108. The van der Waals surface area contributed by atoms with Gasteiger partial charge in [-0.05, 0) is 31.9 Å². The summed E-state index contributed by atoms with van der Waals surface area (Å²) < 4.78 is 0. The molecule has 2 aromatic rings. The van der Waals surface area contributed by atoms with Crippen LogP contribution in [0.25, 0.3) is 10.7 Å². The summed E-state index contributed by atoms with van der Waals surface area (Å²) in [6.07, 6.45) is 3.52. The number of amides is 1. The second kappa shape index (κ2) is 5.77. The van der Waals surface area contributed by atoms with Gasteiger partial charge in [0.25, 0.3) is 0 Å². The topological polar surface area (TPSA) is 85.0 Å². The molecular formula is C14H17N5OS. The summed E-state index contributed by atoms with van der Waals surface area (Å²) in [5, 5.41) is 10.1. The maximum absolute atomic E-state index is 11.4. The van der Waals surface area contributed by atoms with E-state index in [4.69, 9.17) is 5.73 Å². The average molecular weight is 303 g/mol. The molecule has 0 aromatic carbocycles. The van der Waals surface area contributed by atoms with Crippen molar-refractivity contribution in [2.45, 2.75) is 25.8 Å². The number of anilines is 1. The Morgan fingerprint density at radius 3 is 2.95 bits per heavy atom. The molecule has 2 atom stereocenters. The first-order valence-electron chi connectivity index (χ1n) is 6.96. The second-order valence-electron chi connectivity index (χ2n) is 5.28. The third kappa shape index (κ3) is 2.87. The zero-order valence-electron chi connectivity index (χ0n) is 11.8. The van der Waals surface area contributed by atoms with E-state index in [1.807, 2.05) is 18.2 Å². The van der Waals surface area contributed by atoms with Crippen molar-refractivity contribution in [1.82, 2.24) is 15.2 Å². The Morgan fingerprint density at radius 1 is 1.38 bits per heavy atom. The first-order valence-corrected chi connectivity index (χ1v) is 7.77. The number of hydrogen-bond acceptors (Lipinski definition) is 6. The molecular weight excluding hydrogens is 286 g/mol. The first-order chi connectivity index (χ1) is 10.1. The average Bonchev–Trinajstić information content (AvgIpc) is 2.98. The van der Waals surface area contributed by atoms with Crippen LogP contribution in [0, 0.1) is 5.92 Å². The molecule has 1 aliphatic rings. The summed E-state index contributed by atoms with van der Waals surface area (Å²) in [6, 6.07) is 6.05. The van der Waals surface area contributed by atoms with Gasteiger partial charge in [0.15, 0.2) is 5.01 Å². The number of primary amides is 1. The van der Waals surface area contributed by atoms with Crippen LogP contribution in [0.2, 0.25) is 0 Å². The highest BCUT2D eigenvalue weighted by Crippen LogP contribution is 2.32. The van der Waals surface area contributed by atoms with E-state index < -0.39 is 0 Å². The van der Waals surface area contributed by atoms with Gasteiger partial charge in [-0.15, -0.1) is 10.2 Å². The molecule has 3 heterocycles. The summed E-state index contributed by atoms with van der Waals surface area (Å²) in [5.74, 6) is -0.343. The molecule has 21 heavy (non-hydrogen) atoms. The van der Waals surface area contributed by atoms with Crippen molar-refractivity contribution < 1.29 is 4.79 Å². The van der Waals surface area contributed by atoms with Crippen molar-refractivity contribution in [3.05, 3.63) is 24.4 Å². The number of aromatic nitrogens is 3. The normalized spacial score (nSPS) is 22.2. The molecule has 2 aromatic heterocycles. The van der Waals surface area contributed by atoms with E-state index in [0.29, 0.717) is 12.6 Å². The quantitative estimate of drug-likeness (QED) is 0.932. The number of nitrogens with two attached hydrogens (primary N) is 1. The Morgan fingerprint density at radius 2 is 2.24 bits per heavy atom. The summed E-state index contributed by atoms with van der Waals surface area (Å²) >= 11 is 1.50. The van der Waals surface area contributed by atoms with E-state index in [9.17, 15) is 4.79 Å². The molecule has 0 spiro atoms. The zero-order chi connectivity index (χ0) is 14.8. The molecule has 0 bridgehead atoms. The maximum Gasteiger partial charge on any atom is 0.222 e. The smallest absolute Gasteiger partial charge is 0.222 e. The van der Waals surface area contributed by atoms with Gasteiger partial charge >= 0.3 is 0 Å². The predicted octanol–water partition coefficient (Wildman–Crippen LogP) is 1.69. The number of carbonyl (C=O) groups excluding carboxylic acids is 1. The Bertz CT molecular complexity index is 629. The molecule has 1 fully saturated rings. The molecule has 0 aliphatic carbocycles. The van der Waals surface area contributed by atoms with Crippen LogP contribution in [0.3, 0.4) is 0 Å². The van der Waals surface area contributed by atoms with Crippen LogP contribution in [0.4, 0.5) is 5.13 Å². The van der Waals surface area contributed by atoms with Crippen molar-refractivity contribution in [1.29, 1.82) is 0 Å². The minimum atomic E-state index is -0.235.